The maximum Gasteiger partial charge on any atom is 0.261 e. The summed E-state index contributed by atoms with van der Waals surface area (Å²) in [5, 5.41) is 11.8. The number of ether oxygens (including phenoxy) is 1. The molecule has 0 aliphatic rings. The molecular formula is C22H17ClN4O4S2. The predicted octanol–water partition coefficient (Wildman–Crippen LogP) is 4.92. The van der Waals surface area contributed by atoms with E-state index in [-0.39, 0.29) is 21.2 Å². The quantitative estimate of drug-likeness (QED) is 0.372. The number of amides is 1. The highest BCUT2D eigenvalue weighted by Crippen LogP contribution is 2.29. The first-order valence-electron chi connectivity index (χ1n) is 9.52. The zero-order chi connectivity index (χ0) is 23.4. The van der Waals surface area contributed by atoms with Crippen LogP contribution in [0.5, 0.6) is 5.75 Å². The van der Waals surface area contributed by atoms with Crippen LogP contribution in [-0.2, 0) is 10.0 Å². The normalized spacial score (nSPS) is 11.1. The number of benzene rings is 3. The first-order valence-corrected chi connectivity index (χ1v) is 12.2. The van der Waals surface area contributed by atoms with Gasteiger partial charge in [-0.1, -0.05) is 41.1 Å². The number of nitrogens with one attached hydrogen (secondary N) is 2. The summed E-state index contributed by atoms with van der Waals surface area (Å²) in [7, 11) is -2.19. The minimum atomic E-state index is -3.77. The van der Waals surface area contributed by atoms with E-state index in [0.717, 1.165) is 11.3 Å². The maximum absolute atomic E-state index is 12.7. The molecule has 0 radical (unpaired) electrons. The fourth-order valence-corrected chi connectivity index (χ4v) is 4.95. The van der Waals surface area contributed by atoms with E-state index >= 15 is 0 Å². The monoisotopic (exact) mass is 500 g/mol. The number of carbonyl (C=O) groups excluding carboxylic acids is 1. The van der Waals surface area contributed by atoms with Crippen molar-refractivity contribution in [1.82, 2.24) is 10.2 Å². The fraction of sp³-hybridized carbons (Fsp3) is 0.0455. The standard InChI is InChI=1S/C22H17ClN4O4S2/c1-31-16-10-7-14(8-11-16)21-25-26-22(32-21)24-20(28)18-12-9-15(13-19(18)23)27-33(29,30)17-5-3-2-4-6-17/h2-13,27H,1H3,(H,24,26,28). The largest absolute Gasteiger partial charge is 0.497 e. The molecule has 33 heavy (non-hydrogen) atoms. The van der Waals surface area contributed by atoms with Crippen molar-refractivity contribution >= 4 is 49.7 Å². The lowest BCUT2D eigenvalue weighted by Crippen LogP contribution is -2.14. The maximum atomic E-state index is 12.7. The van der Waals surface area contributed by atoms with E-state index in [2.05, 4.69) is 20.2 Å². The summed E-state index contributed by atoms with van der Waals surface area (Å²) in [6.45, 7) is 0. The lowest BCUT2D eigenvalue weighted by Gasteiger charge is -2.10. The van der Waals surface area contributed by atoms with Crippen LogP contribution in [0.15, 0.2) is 77.7 Å². The molecule has 0 saturated heterocycles. The Morgan fingerprint density at radius 1 is 1.00 bits per heavy atom. The van der Waals surface area contributed by atoms with Gasteiger partial charge in [0, 0.05) is 5.56 Å². The van der Waals surface area contributed by atoms with Crippen molar-refractivity contribution in [2.45, 2.75) is 4.90 Å². The number of hydrogen-bond acceptors (Lipinski definition) is 7. The van der Waals surface area contributed by atoms with Crippen molar-refractivity contribution in [2.24, 2.45) is 0 Å². The summed E-state index contributed by atoms with van der Waals surface area (Å²) in [5.74, 6) is 0.232. The first kappa shape index (κ1) is 22.7. The second-order valence-electron chi connectivity index (χ2n) is 6.71. The zero-order valence-electron chi connectivity index (χ0n) is 17.2. The number of carbonyl (C=O) groups is 1. The average Bonchev–Trinajstić information content (AvgIpc) is 3.28. The number of sulfonamides is 1. The minimum absolute atomic E-state index is 0.0839. The summed E-state index contributed by atoms with van der Waals surface area (Å²) in [6.07, 6.45) is 0. The zero-order valence-corrected chi connectivity index (χ0v) is 19.5. The topological polar surface area (TPSA) is 110 Å². The minimum Gasteiger partial charge on any atom is -0.497 e. The van der Waals surface area contributed by atoms with Crippen LogP contribution in [0.25, 0.3) is 10.6 Å². The summed E-state index contributed by atoms with van der Waals surface area (Å²) >= 11 is 7.46. The van der Waals surface area contributed by atoms with Crippen LogP contribution in [0.1, 0.15) is 10.4 Å². The Bertz CT molecular complexity index is 1390. The predicted molar refractivity (Wildman–Crippen MR) is 129 cm³/mol. The smallest absolute Gasteiger partial charge is 0.261 e. The number of halogens is 1. The molecule has 0 fully saturated rings. The van der Waals surface area contributed by atoms with Crippen molar-refractivity contribution in [2.75, 3.05) is 17.1 Å². The summed E-state index contributed by atoms with van der Waals surface area (Å²) in [4.78, 5) is 12.8. The van der Waals surface area contributed by atoms with Crippen molar-refractivity contribution < 1.29 is 17.9 Å². The number of aromatic nitrogens is 2. The number of rotatable bonds is 7. The van der Waals surface area contributed by atoms with Crippen LogP contribution >= 0.6 is 22.9 Å². The molecule has 168 valence electrons. The van der Waals surface area contributed by atoms with Crippen molar-refractivity contribution in [3.8, 4) is 16.3 Å². The molecule has 0 saturated carbocycles. The summed E-state index contributed by atoms with van der Waals surface area (Å²) < 4.78 is 32.5. The molecule has 1 heterocycles. The van der Waals surface area contributed by atoms with Gasteiger partial charge in [0.15, 0.2) is 0 Å². The molecular weight excluding hydrogens is 484 g/mol. The average molecular weight is 501 g/mol. The van der Waals surface area contributed by atoms with E-state index in [1.807, 2.05) is 24.3 Å². The van der Waals surface area contributed by atoms with Crippen LogP contribution in [-0.4, -0.2) is 31.6 Å². The molecule has 8 nitrogen and oxygen atoms in total. The van der Waals surface area contributed by atoms with E-state index in [0.29, 0.717) is 10.1 Å². The van der Waals surface area contributed by atoms with Gasteiger partial charge in [-0.3, -0.25) is 14.8 Å². The molecule has 4 rings (SSSR count). The highest BCUT2D eigenvalue weighted by molar-refractivity contribution is 7.92. The van der Waals surface area contributed by atoms with E-state index in [1.54, 1.807) is 25.3 Å². The van der Waals surface area contributed by atoms with Gasteiger partial charge in [-0.2, -0.15) is 0 Å². The van der Waals surface area contributed by atoms with Gasteiger partial charge >= 0.3 is 0 Å². The lowest BCUT2D eigenvalue weighted by atomic mass is 10.2. The van der Waals surface area contributed by atoms with Crippen LogP contribution < -0.4 is 14.8 Å². The number of methoxy groups -OCH3 is 1. The summed E-state index contributed by atoms with van der Waals surface area (Å²) in [5.41, 5.74) is 1.24. The van der Waals surface area contributed by atoms with Gasteiger partial charge in [-0.15, -0.1) is 10.2 Å². The van der Waals surface area contributed by atoms with Crippen LogP contribution in [0.2, 0.25) is 5.02 Å². The highest BCUT2D eigenvalue weighted by atomic mass is 35.5. The molecule has 1 aromatic heterocycles. The second kappa shape index (κ2) is 9.57. The highest BCUT2D eigenvalue weighted by Gasteiger charge is 2.17. The molecule has 0 aliphatic carbocycles. The van der Waals surface area contributed by atoms with Crippen molar-refractivity contribution in [1.29, 1.82) is 0 Å². The lowest BCUT2D eigenvalue weighted by molar-refractivity contribution is 0.102. The van der Waals surface area contributed by atoms with Crippen LogP contribution in [0.4, 0.5) is 10.8 Å². The van der Waals surface area contributed by atoms with Crippen LogP contribution in [0.3, 0.4) is 0 Å². The third-order valence-corrected chi connectivity index (χ3v) is 7.10. The van der Waals surface area contributed by atoms with Gasteiger partial charge in [-0.05, 0) is 54.6 Å². The second-order valence-corrected chi connectivity index (χ2v) is 9.78. The molecule has 0 aliphatic heterocycles. The molecule has 3 aromatic carbocycles. The molecule has 4 aromatic rings. The van der Waals surface area contributed by atoms with Gasteiger partial charge in [0.2, 0.25) is 5.13 Å². The van der Waals surface area contributed by atoms with Gasteiger partial charge in [0.05, 0.1) is 28.3 Å². The number of anilines is 2. The van der Waals surface area contributed by atoms with Gasteiger partial charge in [0.25, 0.3) is 15.9 Å². The third kappa shape index (κ3) is 5.30. The van der Waals surface area contributed by atoms with Gasteiger partial charge < -0.3 is 4.74 Å². The Balaban J connectivity index is 1.46. The van der Waals surface area contributed by atoms with Crippen LogP contribution in [0, 0.1) is 0 Å². The van der Waals surface area contributed by atoms with Crippen molar-refractivity contribution in [3.63, 3.8) is 0 Å². The van der Waals surface area contributed by atoms with Gasteiger partial charge in [0.1, 0.15) is 10.8 Å². The van der Waals surface area contributed by atoms with Crippen molar-refractivity contribution in [3.05, 3.63) is 83.4 Å². The Morgan fingerprint density at radius 2 is 1.73 bits per heavy atom. The van der Waals surface area contributed by atoms with E-state index in [9.17, 15) is 13.2 Å². The fourth-order valence-electron chi connectivity index (χ4n) is 2.86. The van der Waals surface area contributed by atoms with E-state index < -0.39 is 15.9 Å². The third-order valence-electron chi connectivity index (χ3n) is 4.50. The van der Waals surface area contributed by atoms with Gasteiger partial charge in [-0.25, -0.2) is 8.42 Å². The molecule has 1 amide bonds. The Hall–Kier alpha value is -3.47. The number of nitrogens with zero attached hydrogens (tertiary/aromatic N) is 2. The Kier molecular flexibility index (Phi) is 6.59. The van der Waals surface area contributed by atoms with E-state index in [1.165, 1.54) is 41.7 Å². The molecule has 0 spiro atoms. The SMILES string of the molecule is COc1ccc(-c2nnc(NC(=O)c3ccc(NS(=O)(=O)c4ccccc4)cc3Cl)s2)cc1. The molecule has 0 bridgehead atoms. The number of hydrogen-bond donors (Lipinski definition) is 2. The molecule has 0 atom stereocenters. The molecule has 2 N–H and O–H groups in total. The Morgan fingerprint density at radius 3 is 2.39 bits per heavy atom. The Labute approximate surface area is 199 Å². The summed E-state index contributed by atoms with van der Waals surface area (Å²) in [6, 6.07) is 19.5. The van der Waals surface area contributed by atoms with E-state index in [4.69, 9.17) is 16.3 Å². The molecule has 11 heteroatoms. The molecule has 0 unspecified atom stereocenters. The first-order chi connectivity index (χ1) is 15.9.